The maximum absolute atomic E-state index is 9.97. The summed E-state index contributed by atoms with van der Waals surface area (Å²) in [6, 6.07) is 0. The highest BCUT2D eigenvalue weighted by atomic mass is 16.3. The Morgan fingerprint density at radius 2 is 1.90 bits per heavy atom. The van der Waals surface area contributed by atoms with Gasteiger partial charge in [0.1, 0.15) is 6.29 Å². The molecule has 10 heavy (non-hydrogen) atoms. The Balaban J connectivity index is 2.33. The summed E-state index contributed by atoms with van der Waals surface area (Å²) in [6.07, 6.45) is -0.593. The van der Waals surface area contributed by atoms with Crippen molar-refractivity contribution >= 4 is 6.29 Å². The monoisotopic (exact) mass is 145 g/mol. The van der Waals surface area contributed by atoms with E-state index in [4.69, 9.17) is 10.2 Å². The number of nitrogens with zero attached hydrogens (tertiary/aromatic N) is 1. The number of aliphatic hydroxyl groups is 2. The van der Waals surface area contributed by atoms with Crippen LogP contribution in [0.3, 0.4) is 0 Å². The Kier molecular flexibility index (Phi) is 2.37. The van der Waals surface area contributed by atoms with Crippen molar-refractivity contribution < 1.29 is 15.0 Å². The summed E-state index contributed by atoms with van der Waals surface area (Å²) in [7, 11) is 0. The summed E-state index contributed by atoms with van der Waals surface area (Å²) in [4.78, 5) is 11.7. The average Bonchev–Trinajstić information content (AvgIpc) is 2.14. The van der Waals surface area contributed by atoms with Gasteiger partial charge in [-0.1, -0.05) is 0 Å². The fourth-order valence-electron chi connectivity index (χ4n) is 1.10. The molecule has 0 spiro atoms. The molecule has 1 aliphatic heterocycles. The molecule has 1 fully saturated rings. The van der Waals surface area contributed by atoms with E-state index in [1.54, 1.807) is 4.90 Å². The molecule has 0 aliphatic carbocycles. The van der Waals surface area contributed by atoms with Crippen LogP contribution in [-0.4, -0.2) is 53.2 Å². The van der Waals surface area contributed by atoms with Gasteiger partial charge in [0.15, 0.2) is 0 Å². The van der Waals surface area contributed by atoms with Crippen LogP contribution in [0.1, 0.15) is 0 Å². The number of hydrogen-bond acceptors (Lipinski definition) is 4. The van der Waals surface area contributed by atoms with Gasteiger partial charge in [0.05, 0.1) is 18.8 Å². The van der Waals surface area contributed by atoms with E-state index in [0.717, 1.165) is 6.29 Å². The number of β-amino-alcohol motifs (C(OH)–C–C–N with tert-alkyl or cyclic N) is 2. The molecule has 0 amide bonds. The molecule has 0 aromatic heterocycles. The zero-order valence-corrected chi connectivity index (χ0v) is 5.60. The van der Waals surface area contributed by atoms with Gasteiger partial charge < -0.3 is 15.0 Å². The Morgan fingerprint density at radius 3 is 2.30 bits per heavy atom. The summed E-state index contributed by atoms with van der Waals surface area (Å²) >= 11 is 0. The van der Waals surface area contributed by atoms with Gasteiger partial charge in [0.25, 0.3) is 0 Å². The van der Waals surface area contributed by atoms with Crippen molar-refractivity contribution in [3.05, 3.63) is 0 Å². The van der Waals surface area contributed by atoms with E-state index in [9.17, 15) is 4.79 Å². The number of carbonyl (C=O) groups excluding carboxylic acids is 1. The van der Waals surface area contributed by atoms with Crippen molar-refractivity contribution in [3.8, 4) is 0 Å². The molecule has 1 rings (SSSR count). The molecule has 0 bridgehead atoms. The van der Waals surface area contributed by atoms with Crippen LogP contribution >= 0.6 is 0 Å². The second-order valence-electron chi connectivity index (χ2n) is 2.52. The van der Waals surface area contributed by atoms with Crippen molar-refractivity contribution in [2.24, 2.45) is 0 Å². The lowest BCUT2D eigenvalue weighted by Gasteiger charge is -2.08. The zero-order valence-electron chi connectivity index (χ0n) is 5.60. The van der Waals surface area contributed by atoms with Crippen LogP contribution in [-0.2, 0) is 4.79 Å². The summed E-state index contributed by atoms with van der Waals surface area (Å²) in [5, 5.41) is 18.0. The number of aldehydes is 1. The van der Waals surface area contributed by atoms with Gasteiger partial charge in [0.2, 0.25) is 0 Å². The molecule has 0 unspecified atom stereocenters. The first-order valence-electron chi connectivity index (χ1n) is 3.26. The van der Waals surface area contributed by atoms with Crippen molar-refractivity contribution in [1.82, 2.24) is 4.90 Å². The fraction of sp³-hybridized carbons (Fsp3) is 0.833. The Morgan fingerprint density at radius 1 is 1.40 bits per heavy atom. The lowest BCUT2D eigenvalue weighted by atomic mass is 10.3. The molecule has 1 heterocycles. The highest BCUT2D eigenvalue weighted by Crippen LogP contribution is 2.07. The molecule has 1 saturated heterocycles. The van der Waals surface area contributed by atoms with Crippen molar-refractivity contribution in [3.63, 3.8) is 0 Å². The van der Waals surface area contributed by atoms with E-state index in [2.05, 4.69) is 0 Å². The van der Waals surface area contributed by atoms with E-state index in [1.807, 2.05) is 0 Å². The number of hydrogen-bond donors (Lipinski definition) is 2. The molecule has 2 atom stereocenters. The molecule has 0 saturated carbocycles. The van der Waals surface area contributed by atoms with Crippen LogP contribution in [0.2, 0.25) is 0 Å². The fourth-order valence-corrected chi connectivity index (χ4v) is 1.10. The van der Waals surface area contributed by atoms with Crippen molar-refractivity contribution in [2.75, 3.05) is 19.6 Å². The van der Waals surface area contributed by atoms with Crippen LogP contribution in [0, 0.1) is 0 Å². The highest BCUT2D eigenvalue weighted by Gasteiger charge is 2.28. The number of likely N-dealkylation sites (tertiary alicyclic amines) is 1. The first-order valence-corrected chi connectivity index (χ1v) is 3.26. The smallest absolute Gasteiger partial charge is 0.133 e. The third-order valence-corrected chi connectivity index (χ3v) is 1.67. The summed E-state index contributed by atoms with van der Waals surface area (Å²) in [6.45, 7) is 1.11. The third kappa shape index (κ3) is 1.53. The Hall–Kier alpha value is -0.450. The van der Waals surface area contributed by atoms with Gasteiger partial charge in [-0.2, -0.15) is 0 Å². The lowest BCUT2D eigenvalue weighted by Crippen LogP contribution is -2.23. The number of rotatable bonds is 2. The van der Waals surface area contributed by atoms with E-state index in [-0.39, 0.29) is 0 Å². The standard InChI is InChI=1S/C6H11NO3/c8-2-1-7-3-5(9)6(10)4-7/h2,5-6,9-10H,1,3-4H2/t5-,6+. The Bertz CT molecular complexity index is 118. The molecule has 2 N–H and O–H groups in total. The van der Waals surface area contributed by atoms with Crippen LogP contribution in [0.4, 0.5) is 0 Å². The molecule has 58 valence electrons. The molecule has 0 radical (unpaired) electrons. The second kappa shape index (κ2) is 3.09. The minimum atomic E-state index is -0.681. The summed E-state index contributed by atoms with van der Waals surface area (Å²) in [5.41, 5.74) is 0. The molecule has 4 nitrogen and oxygen atoms in total. The summed E-state index contributed by atoms with van der Waals surface area (Å²) in [5.74, 6) is 0. The predicted octanol–water partition coefficient (Wildman–Crippen LogP) is -1.78. The van der Waals surface area contributed by atoms with E-state index < -0.39 is 12.2 Å². The van der Waals surface area contributed by atoms with E-state index in [1.165, 1.54) is 0 Å². The van der Waals surface area contributed by atoms with Crippen molar-refractivity contribution in [2.45, 2.75) is 12.2 Å². The molecular weight excluding hydrogens is 134 g/mol. The van der Waals surface area contributed by atoms with Crippen LogP contribution in [0.5, 0.6) is 0 Å². The maximum atomic E-state index is 9.97. The maximum Gasteiger partial charge on any atom is 0.133 e. The van der Waals surface area contributed by atoms with Gasteiger partial charge in [-0.05, 0) is 0 Å². The molecule has 1 aliphatic rings. The lowest BCUT2D eigenvalue weighted by molar-refractivity contribution is -0.108. The topological polar surface area (TPSA) is 60.8 Å². The van der Waals surface area contributed by atoms with Crippen molar-refractivity contribution in [1.29, 1.82) is 0 Å². The Labute approximate surface area is 59.1 Å². The van der Waals surface area contributed by atoms with Crippen LogP contribution < -0.4 is 0 Å². The molecule has 0 aromatic carbocycles. The zero-order chi connectivity index (χ0) is 7.56. The predicted molar refractivity (Wildman–Crippen MR) is 34.5 cm³/mol. The SMILES string of the molecule is O=CCN1C[C@@H](O)[C@@H](O)C1. The van der Waals surface area contributed by atoms with Gasteiger partial charge in [-0.15, -0.1) is 0 Å². The molecule has 0 aromatic rings. The minimum Gasteiger partial charge on any atom is -0.389 e. The van der Waals surface area contributed by atoms with Crippen LogP contribution in [0.25, 0.3) is 0 Å². The first kappa shape index (κ1) is 7.65. The largest absolute Gasteiger partial charge is 0.389 e. The van der Waals surface area contributed by atoms with Gasteiger partial charge in [-0.3, -0.25) is 4.90 Å². The molecule has 4 heteroatoms. The van der Waals surface area contributed by atoms with E-state index >= 15 is 0 Å². The summed E-state index contributed by atoms with van der Waals surface area (Å²) < 4.78 is 0. The van der Waals surface area contributed by atoms with Gasteiger partial charge in [-0.25, -0.2) is 0 Å². The normalized spacial score (nSPS) is 34.6. The highest BCUT2D eigenvalue weighted by molar-refractivity contribution is 5.52. The third-order valence-electron chi connectivity index (χ3n) is 1.67. The average molecular weight is 145 g/mol. The number of carbonyl (C=O) groups is 1. The first-order chi connectivity index (χ1) is 4.74. The van der Waals surface area contributed by atoms with Crippen LogP contribution in [0.15, 0.2) is 0 Å². The van der Waals surface area contributed by atoms with E-state index in [0.29, 0.717) is 19.6 Å². The number of aliphatic hydroxyl groups excluding tert-OH is 2. The van der Waals surface area contributed by atoms with Gasteiger partial charge >= 0.3 is 0 Å². The quantitative estimate of drug-likeness (QED) is 0.451. The van der Waals surface area contributed by atoms with Gasteiger partial charge in [0, 0.05) is 13.1 Å². The molecular formula is C6H11NO3. The minimum absolute atomic E-state index is 0.300. The second-order valence-corrected chi connectivity index (χ2v) is 2.52.